The van der Waals surface area contributed by atoms with E-state index in [9.17, 15) is 19.5 Å². The van der Waals surface area contributed by atoms with Crippen molar-refractivity contribution >= 4 is 17.9 Å². The summed E-state index contributed by atoms with van der Waals surface area (Å²) in [5.41, 5.74) is -1.04. The first-order valence-corrected chi connectivity index (χ1v) is 16.0. The third kappa shape index (κ3) is 10.3. The number of aliphatic hydroxyl groups is 1. The second kappa shape index (κ2) is 17.2. The van der Waals surface area contributed by atoms with Crippen molar-refractivity contribution in [3.8, 4) is 0 Å². The van der Waals surface area contributed by atoms with Crippen LogP contribution in [0.15, 0.2) is 0 Å². The number of methoxy groups -OCH3 is 2. The quantitative estimate of drug-likeness (QED) is 0.0572. The monoisotopic (exact) mass is 630 g/mol. The Morgan fingerprint density at radius 2 is 1.39 bits per heavy atom. The molecule has 3 heterocycles. The van der Waals surface area contributed by atoms with E-state index in [0.29, 0.717) is 58.7 Å². The maximum Gasteiger partial charge on any atom is 0.312 e. The molecule has 0 bridgehead atoms. The first kappa shape index (κ1) is 35.0. The van der Waals surface area contributed by atoms with E-state index in [4.69, 9.17) is 42.6 Å². The molecule has 9 unspecified atom stereocenters. The molecule has 13 nitrogen and oxygen atoms in total. The lowest BCUT2D eigenvalue weighted by molar-refractivity contribution is -0.169. The van der Waals surface area contributed by atoms with Crippen LogP contribution >= 0.6 is 0 Å². The third-order valence-corrected chi connectivity index (χ3v) is 8.87. The molecule has 252 valence electrons. The van der Waals surface area contributed by atoms with Crippen molar-refractivity contribution in [2.45, 2.75) is 88.5 Å². The van der Waals surface area contributed by atoms with E-state index in [2.05, 4.69) is 0 Å². The fourth-order valence-corrected chi connectivity index (χ4v) is 6.14. The van der Waals surface area contributed by atoms with E-state index in [1.165, 1.54) is 0 Å². The number of carbonyl (C=O) groups excluding carboxylic acids is 3. The van der Waals surface area contributed by atoms with E-state index in [1.54, 1.807) is 21.1 Å². The first-order valence-electron chi connectivity index (χ1n) is 16.0. The molecule has 9 atom stereocenters. The number of fused-ring (bicyclic) bond motifs is 1. The molecule has 44 heavy (non-hydrogen) atoms. The van der Waals surface area contributed by atoms with Crippen molar-refractivity contribution in [2.75, 3.05) is 67.1 Å². The van der Waals surface area contributed by atoms with Crippen molar-refractivity contribution in [1.82, 2.24) is 0 Å². The summed E-state index contributed by atoms with van der Waals surface area (Å²) in [6.45, 7) is 5.03. The van der Waals surface area contributed by atoms with Gasteiger partial charge in [-0.15, -0.1) is 0 Å². The Bertz CT molecular complexity index is 922. The molecule has 0 amide bonds. The predicted octanol–water partition coefficient (Wildman–Crippen LogP) is 1.80. The summed E-state index contributed by atoms with van der Waals surface area (Å²) in [5, 5.41) is 10.8. The lowest BCUT2D eigenvalue weighted by atomic mass is 9.64. The topological polar surface area (TPSA) is 164 Å². The zero-order chi connectivity index (χ0) is 31.5. The van der Waals surface area contributed by atoms with Crippen molar-refractivity contribution in [2.24, 2.45) is 23.7 Å². The van der Waals surface area contributed by atoms with Gasteiger partial charge in [0, 0.05) is 59.2 Å². The zero-order valence-corrected chi connectivity index (χ0v) is 26.3. The second-order valence-corrected chi connectivity index (χ2v) is 12.3. The Morgan fingerprint density at radius 1 is 0.818 bits per heavy atom. The van der Waals surface area contributed by atoms with Crippen molar-refractivity contribution in [1.29, 1.82) is 0 Å². The maximum absolute atomic E-state index is 13.5. The second-order valence-electron chi connectivity index (χ2n) is 12.3. The highest BCUT2D eigenvalue weighted by atomic mass is 16.6. The Morgan fingerprint density at radius 3 is 1.98 bits per heavy atom. The van der Waals surface area contributed by atoms with Gasteiger partial charge in [0.25, 0.3) is 0 Å². The number of rotatable bonds is 23. The highest BCUT2D eigenvalue weighted by molar-refractivity contribution is 5.84. The Hall–Kier alpha value is -1.87. The average molecular weight is 631 g/mol. The molecule has 4 rings (SSSR count). The van der Waals surface area contributed by atoms with Crippen LogP contribution in [0.3, 0.4) is 0 Å². The van der Waals surface area contributed by atoms with Crippen LogP contribution in [-0.2, 0) is 57.0 Å². The molecular weight excluding hydrogens is 580 g/mol. The SMILES string of the molecule is COCCCCOC(=O)C(CC(O)OCCCCOC)C1CC(C(=O)OCCC2CO2)C(C(=O)OCCC2CO2)C2(C)OC12. The smallest absolute Gasteiger partial charge is 0.312 e. The van der Waals surface area contributed by atoms with E-state index in [1.807, 2.05) is 0 Å². The van der Waals surface area contributed by atoms with E-state index < -0.39 is 59.6 Å². The number of epoxide rings is 3. The largest absolute Gasteiger partial charge is 0.465 e. The van der Waals surface area contributed by atoms with Crippen molar-refractivity contribution in [3.63, 3.8) is 0 Å². The van der Waals surface area contributed by atoms with Crippen molar-refractivity contribution in [3.05, 3.63) is 0 Å². The Labute approximate surface area is 259 Å². The minimum Gasteiger partial charge on any atom is -0.465 e. The summed E-state index contributed by atoms with van der Waals surface area (Å²) < 4.78 is 49.2. The summed E-state index contributed by atoms with van der Waals surface area (Å²) in [6.07, 6.45) is 2.48. The van der Waals surface area contributed by atoms with Crippen molar-refractivity contribution < 1.29 is 62.1 Å². The van der Waals surface area contributed by atoms with Gasteiger partial charge in [-0.05, 0) is 39.0 Å². The van der Waals surface area contributed by atoms with Gasteiger partial charge < -0.3 is 47.7 Å². The zero-order valence-electron chi connectivity index (χ0n) is 26.3. The highest BCUT2D eigenvalue weighted by Gasteiger charge is 2.71. The van der Waals surface area contributed by atoms with Crippen LogP contribution in [0.25, 0.3) is 0 Å². The standard InChI is InChI=1S/C31H50O13/c1-31-26(30(35)41-15-9-21-19-43-21)24(29(34)40-14-8-20-18-42-20)16-22(27(31)44-31)23(28(33)39-13-7-5-11-37-3)17-25(32)38-12-6-4-10-36-2/h20-27,32H,4-19H2,1-3H3. The summed E-state index contributed by atoms with van der Waals surface area (Å²) >= 11 is 0. The number of unbranched alkanes of at least 4 members (excludes halogenated alkanes) is 2. The molecule has 3 saturated heterocycles. The number of esters is 3. The summed E-state index contributed by atoms with van der Waals surface area (Å²) in [7, 11) is 3.23. The number of hydrogen-bond acceptors (Lipinski definition) is 13. The summed E-state index contributed by atoms with van der Waals surface area (Å²) in [4.78, 5) is 40.5. The van der Waals surface area contributed by atoms with E-state index >= 15 is 0 Å². The molecule has 13 heteroatoms. The predicted molar refractivity (Wildman–Crippen MR) is 152 cm³/mol. The molecular formula is C31H50O13. The number of aliphatic hydroxyl groups excluding tert-OH is 1. The van der Waals surface area contributed by atoms with Gasteiger partial charge in [-0.1, -0.05) is 0 Å². The molecule has 4 fully saturated rings. The molecule has 1 saturated carbocycles. The van der Waals surface area contributed by atoms with Gasteiger partial charge in [-0.2, -0.15) is 0 Å². The van der Waals surface area contributed by atoms with E-state index in [0.717, 1.165) is 12.8 Å². The van der Waals surface area contributed by atoms with Gasteiger partial charge in [-0.3, -0.25) is 14.4 Å². The van der Waals surface area contributed by atoms with Gasteiger partial charge in [0.2, 0.25) is 0 Å². The van der Waals surface area contributed by atoms with Gasteiger partial charge in [0.15, 0.2) is 6.29 Å². The summed E-state index contributed by atoms with van der Waals surface area (Å²) in [5.74, 6) is -4.74. The van der Waals surface area contributed by atoms with E-state index in [-0.39, 0.29) is 44.9 Å². The van der Waals surface area contributed by atoms with Crippen LogP contribution in [0, 0.1) is 23.7 Å². The molecule has 3 aliphatic heterocycles. The van der Waals surface area contributed by atoms with Gasteiger partial charge in [0.05, 0.1) is 63.2 Å². The molecule has 0 spiro atoms. The number of ether oxygens (including phenoxy) is 9. The first-order chi connectivity index (χ1) is 21.3. The molecule has 0 radical (unpaired) electrons. The van der Waals surface area contributed by atoms with Crippen LogP contribution in [0.2, 0.25) is 0 Å². The van der Waals surface area contributed by atoms with Gasteiger partial charge >= 0.3 is 17.9 Å². The van der Waals surface area contributed by atoms with Crippen LogP contribution in [0.1, 0.15) is 58.3 Å². The minimum atomic E-state index is -1.23. The van der Waals surface area contributed by atoms with Crippen LogP contribution < -0.4 is 0 Å². The van der Waals surface area contributed by atoms with Crippen LogP contribution in [0.5, 0.6) is 0 Å². The molecule has 0 aromatic rings. The maximum atomic E-state index is 13.5. The molecule has 0 aromatic carbocycles. The molecule has 1 aliphatic carbocycles. The molecule has 0 aromatic heterocycles. The number of carbonyl (C=O) groups is 3. The molecule has 1 N–H and O–H groups in total. The lowest BCUT2D eigenvalue weighted by Crippen LogP contribution is -2.50. The normalized spacial score (nSPS) is 31.4. The molecule has 4 aliphatic rings. The number of hydrogen-bond donors (Lipinski definition) is 1. The van der Waals surface area contributed by atoms with Crippen LogP contribution in [-0.4, -0.2) is 120 Å². The average Bonchev–Trinajstić information content (AvgIpc) is 3.87. The summed E-state index contributed by atoms with van der Waals surface area (Å²) in [6, 6.07) is 0. The highest BCUT2D eigenvalue weighted by Crippen LogP contribution is 2.58. The lowest BCUT2D eigenvalue weighted by Gasteiger charge is -2.37. The Balaban J connectivity index is 1.46. The minimum absolute atomic E-state index is 0.0426. The Kier molecular flexibility index (Phi) is 13.6. The van der Waals surface area contributed by atoms with Crippen LogP contribution in [0.4, 0.5) is 0 Å². The third-order valence-electron chi connectivity index (χ3n) is 8.87. The van der Waals surface area contributed by atoms with Gasteiger partial charge in [-0.25, -0.2) is 0 Å². The fraction of sp³-hybridized carbons (Fsp3) is 0.903. The van der Waals surface area contributed by atoms with Gasteiger partial charge in [0.1, 0.15) is 11.5 Å². The fourth-order valence-electron chi connectivity index (χ4n) is 6.14.